The van der Waals surface area contributed by atoms with E-state index in [2.05, 4.69) is 0 Å². The molecular weight excluding hydrogens is 254 g/mol. The van der Waals surface area contributed by atoms with Gasteiger partial charge in [0.1, 0.15) is 17.4 Å². The largest absolute Gasteiger partial charge is 0.507 e. The third-order valence-corrected chi connectivity index (χ3v) is 2.85. The molecule has 0 aromatic heterocycles. The summed E-state index contributed by atoms with van der Waals surface area (Å²) in [5, 5.41) is 20.7. The van der Waals surface area contributed by atoms with Crippen molar-refractivity contribution in [2.45, 2.75) is 6.92 Å². The number of carbonyl (C=O) groups excluding carboxylic acids is 1. The third-order valence-electron chi connectivity index (χ3n) is 2.85. The maximum absolute atomic E-state index is 11.6. The fraction of sp³-hybridized carbons (Fsp3) is 0.125. The summed E-state index contributed by atoms with van der Waals surface area (Å²) in [5.74, 6) is -0.678. The lowest BCUT2D eigenvalue weighted by atomic mass is 10.0. The van der Waals surface area contributed by atoms with Crippen LogP contribution in [0.5, 0.6) is 5.75 Å². The van der Waals surface area contributed by atoms with Crippen molar-refractivity contribution < 1.29 is 14.6 Å². The molecule has 0 spiro atoms. The number of hydrogen-bond donors (Lipinski definition) is 1. The Morgan fingerprint density at radius 1 is 1.35 bits per heavy atom. The molecule has 0 saturated carbocycles. The minimum Gasteiger partial charge on any atom is -0.507 e. The maximum atomic E-state index is 11.6. The van der Waals surface area contributed by atoms with Crippen molar-refractivity contribution in [2.75, 3.05) is 6.61 Å². The molecule has 4 nitrogen and oxygen atoms in total. The molecule has 20 heavy (non-hydrogen) atoms. The lowest BCUT2D eigenvalue weighted by Crippen LogP contribution is -2.06. The molecule has 0 aliphatic heterocycles. The van der Waals surface area contributed by atoms with E-state index in [0.717, 1.165) is 10.8 Å². The van der Waals surface area contributed by atoms with Gasteiger partial charge < -0.3 is 9.84 Å². The first kappa shape index (κ1) is 13.6. The van der Waals surface area contributed by atoms with Crippen LogP contribution >= 0.6 is 0 Å². The van der Waals surface area contributed by atoms with Gasteiger partial charge in [-0.1, -0.05) is 30.3 Å². The molecule has 0 amide bonds. The fourth-order valence-corrected chi connectivity index (χ4v) is 1.93. The number of phenols is 1. The number of nitrogens with zero attached hydrogens (tertiary/aromatic N) is 1. The summed E-state index contributed by atoms with van der Waals surface area (Å²) in [7, 11) is 0. The number of ether oxygens (including phenoxy) is 1. The van der Waals surface area contributed by atoms with Crippen LogP contribution in [0.25, 0.3) is 16.8 Å². The van der Waals surface area contributed by atoms with Gasteiger partial charge in [0.2, 0.25) is 0 Å². The first-order valence-electron chi connectivity index (χ1n) is 6.17. The van der Waals surface area contributed by atoms with E-state index in [1.165, 1.54) is 12.1 Å². The van der Waals surface area contributed by atoms with Gasteiger partial charge in [-0.15, -0.1) is 0 Å². The van der Waals surface area contributed by atoms with Gasteiger partial charge in [0, 0.05) is 5.56 Å². The number of phenolic OH excluding ortho intramolecular Hbond substituents is 1. The quantitative estimate of drug-likeness (QED) is 0.527. The van der Waals surface area contributed by atoms with Crippen LogP contribution in [0.15, 0.2) is 42.0 Å². The molecule has 0 saturated heterocycles. The molecule has 1 N–H and O–H groups in total. The highest BCUT2D eigenvalue weighted by molar-refractivity contribution is 6.02. The Hall–Kier alpha value is -2.80. The van der Waals surface area contributed by atoms with Crippen LogP contribution in [0.1, 0.15) is 12.5 Å². The maximum Gasteiger partial charge on any atom is 0.348 e. The summed E-state index contributed by atoms with van der Waals surface area (Å²) in [6.45, 7) is 1.86. The van der Waals surface area contributed by atoms with Crippen LogP contribution in [0.3, 0.4) is 0 Å². The minimum absolute atomic E-state index is 0.0146. The number of rotatable bonds is 3. The smallest absolute Gasteiger partial charge is 0.348 e. The van der Waals surface area contributed by atoms with Crippen molar-refractivity contribution >= 4 is 22.8 Å². The average Bonchev–Trinajstić information content (AvgIpc) is 2.46. The number of nitriles is 1. The summed E-state index contributed by atoms with van der Waals surface area (Å²) >= 11 is 0. The number of esters is 1. The Morgan fingerprint density at radius 2 is 2.10 bits per heavy atom. The van der Waals surface area contributed by atoms with Crippen LogP contribution in [-0.4, -0.2) is 17.7 Å². The summed E-state index contributed by atoms with van der Waals surface area (Å²) < 4.78 is 4.81. The van der Waals surface area contributed by atoms with E-state index < -0.39 is 5.97 Å². The molecule has 0 radical (unpaired) electrons. The third kappa shape index (κ3) is 2.62. The minimum atomic E-state index is -0.692. The van der Waals surface area contributed by atoms with E-state index in [4.69, 9.17) is 10.00 Å². The Kier molecular flexibility index (Phi) is 4.02. The van der Waals surface area contributed by atoms with E-state index >= 15 is 0 Å². The van der Waals surface area contributed by atoms with E-state index in [1.807, 2.05) is 24.3 Å². The van der Waals surface area contributed by atoms with E-state index in [9.17, 15) is 9.90 Å². The number of benzene rings is 2. The SMILES string of the molecule is CCOC(=O)/C(C#N)=C/c1c(O)ccc2ccccc12. The Bertz CT molecular complexity index is 726. The molecule has 2 rings (SSSR count). The summed E-state index contributed by atoms with van der Waals surface area (Å²) in [6, 6.07) is 12.5. The molecule has 4 heteroatoms. The zero-order valence-corrected chi connectivity index (χ0v) is 11.0. The summed E-state index contributed by atoms with van der Waals surface area (Å²) in [5.41, 5.74) is 0.297. The average molecular weight is 267 g/mol. The zero-order chi connectivity index (χ0) is 14.5. The van der Waals surface area contributed by atoms with Crippen LogP contribution in [0, 0.1) is 11.3 Å². The Labute approximate surface area is 116 Å². The van der Waals surface area contributed by atoms with Crippen molar-refractivity contribution in [1.82, 2.24) is 0 Å². The van der Waals surface area contributed by atoms with E-state index in [-0.39, 0.29) is 17.9 Å². The van der Waals surface area contributed by atoms with Crippen LogP contribution in [0.2, 0.25) is 0 Å². The first-order valence-corrected chi connectivity index (χ1v) is 6.17. The highest BCUT2D eigenvalue weighted by Crippen LogP contribution is 2.29. The molecule has 0 bridgehead atoms. The van der Waals surface area contributed by atoms with Crippen molar-refractivity contribution in [2.24, 2.45) is 0 Å². The second kappa shape index (κ2) is 5.89. The molecule has 0 atom stereocenters. The second-order valence-corrected chi connectivity index (χ2v) is 4.11. The van der Waals surface area contributed by atoms with Crippen LogP contribution < -0.4 is 0 Å². The highest BCUT2D eigenvalue weighted by atomic mass is 16.5. The van der Waals surface area contributed by atoms with Gasteiger partial charge in [0.15, 0.2) is 0 Å². The molecule has 2 aromatic carbocycles. The highest BCUT2D eigenvalue weighted by Gasteiger charge is 2.12. The van der Waals surface area contributed by atoms with Gasteiger partial charge in [-0.2, -0.15) is 5.26 Å². The number of fused-ring (bicyclic) bond motifs is 1. The van der Waals surface area contributed by atoms with Crippen molar-refractivity contribution in [3.8, 4) is 11.8 Å². The van der Waals surface area contributed by atoms with Gasteiger partial charge in [-0.3, -0.25) is 0 Å². The van der Waals surface area contributed by atoms with Gasteiger partial charge in [0.25, 0.3) is 0 Å². The summed E-state index contributed by atoms with van der Waals surface area (Å²) in [6.07, 6.45) is 1.36. The second-order valence-electron chi connectivity index (χ2n) is 4.11. The standard InChI is InChI=1S/C16H13NO3/c1-2-20-16(19)12(10-17)9-14-13-6-4-3-5-11(13)7-8-15(14)18/h3-9,18H,2H2,1H3/b12-9+. The van der Waals surface area contributed by atoms with Crippen LogP contribution in [-0.2, 0) is 9.53 Å². The lowest BCUT2D eigenvalue weighted by Gasteiger charge is -2.06. The molecule has 0 heterocycles. The molecule has 2 aromatic rings. The Morgan fingerprint density at radius 3 is 2.80 bits per heavy atom. The summed E-state index contributed by atoms with van der Waals surface area (Å²) in [4.78, 5) is 11.6. The van der Waals surface area contributed by atoms with Gasteiger partial charge in [0.05, 0.1) is 6.61 Å². The molecule has 0 fully saturated rings. The molecule has 0 aliphatic carbocycles. The van der Waals surface area contributed by atoms with Crippen molar-refractivity contribution in [1.29, 1.82) is 5.26 Å². The van der Waals surface area contributed by atoms with Gasteiger partial charge in [-0.05, 0) is 29.8 Å². The molecule has 0 aliphatic rings. The monoisotopic (exact) mass is 267 g/mol. The van der Waals surface area contributed by atoms with Gasteiger partial charge >= 0.3 is 5.97 Å². The van der Waals surface area contributed by atoms with E-state index in [1.54, 1.807) is 19.1 Å². The molecule has 100 valence electrons. The number of aromatic hydroxyl groups is 1. The predicted octanol–water partition coefficient (Wildman–Crippen LogP) is 3.02. The molecular formula is C16H13NO3. The number of hydrogen-bond acceptors (Lipinski definition) is 4. The van der Waals surface area contributed by atoms with Gasteiger partial charge in [-0.25, -0.2) is 4.79 Å². The van der Waals surface area contributed by atoms with Crippen molar-refractivity contribution in [3.05, 3.63) is 47.5 Å². The van der Waals surface area contributed by atoms with Crippen LogP contribution in [0.4, 0.5) is 0 Å². The lowest BCUT2D eigenvalue weighted by molar-refractivity contribution is -0.137. The normalized spacial score (nSPS) is 11.1. The first-order chi connectivity index (χ1) is 9.67. The zero-order valence-electron chi connectivity index (χ0n) is 11.0. The Balaban J connectivity index is 2.60. The predicted molar refractivity (Wildman–Crippen MR) is 75.8 cm³/mol. The number of carbonyl (C=O) groups is 1. The van der Waals surface area contributed by atoms with Crippen molar-refractivity contribution in [3.63, 3.8) is 0 Å². The topological polar surface area (TPSA) is 70.3 Å². The fourth-order valence-electron chi connectivity index (χ4n) is 1.93. The molecule has 0 unspecified atom stereocenters. The van der Waals surface area contributed by atoms with E-state index in [0.29, 0.717) is 5.56 Å².